The minimum atomic E-state index is -0.768. The van der Waals surface area contributed by atoms with Crippen molar-refractivity contribution < 1.29 is 19.0 Å². The van der Waals surface area contributed by atoms with Crippen LogP contribution in [0.3, 0.4) is 0 Å². The molecule has 3 heterocycles. The van der Waals surface area contributed by atoms with E-state index in [4.69, 9.17) is 14.2 Å². The number of nitrogens with one attached hydrogen (secondary N) is 2. The molecule has 0 saturated carbocycles. The minimum absolute atomic E-state index is 0.0144. The SMILES string of the molecule is COc1cccc(C2c3c([nH]c(=O)[nH]c3=O)N=C3COC(=O)C32)c1OC. The molecule has 2 atom stereocenters. The van der Waals surface area contributed by atoms with Gasteiger partial charge in [-0.05, 0) is 6.07 Å². The van der Waals surface area contributed by atoms with Crippen LogP contribution in [0, 0.1) is 5.92 Å². The van der Waals surface area contributed by atoms with Gasteiger partial charge in [-0.15, -0.1) is 0 Å². The Labute approximate surface area is 146 Å². The molecule has 2 N–H and O–H groups in total. The van der Waals surface area contributed by atoms with Crippen LogP contribution in [0.25, 0.3) is 0 Å². The number of methoxy groups -OCH3 is 2. The highest BCUT2D eigenvalue weighted by atomic mass is 16.5. The van der Waals surface area contributed by atoms with Gasteiger partial charge in [-0.3, -0.25) is 19.6 Å². The number of aromatic amines is 2. The van der Waals surface area contributed by atoms with Crippen molar-refractivity contribution in [2.75, 3.05) is 20.8 Å². The van der Waals surface area contributed by atoms with Crippen LogP contribution >= 0.6 is 0 Å². The first-order chi connectivity index (χ1) is 12.5. The fourth-order valence-electron chi connectivity index (χ4n) is 3.55. The van der Waals surface area contributed by atoms with Gasteiger partial charge in [0.2, 0.25) is 0 Å². The van der Waals surface area contributed by atoms with E-state index in [1.165, 1.54) is 14.2 Å². The Balaban J connectivity index is 2.04. The van der Waals surface area contributed by atoms with E-state index in [1.807, 2.05) is 0 Å². The molecule has 0 radical (unpaired) electrons. The van der Waals surface area contributed by atoms with Crippen LogP contribution < -0.4 is 20.7 Å². The lowest BCUT2D eigenvalue weighted by Crippen LogP contribution is -2.36. The molecule has 0 spiro atoms. The van der Waals surface area contributed by atoms with E-state index in [9.17, 15) is 14.4 Å². The molecule has 9 nitrogen and oxygen atoms in total. The molecule has 4 rings (SSSR count). The van der Waals surface area contributed by atoms with Crippen molar-refractivity contribution in [1.82, 2.24) is 9.97 Å². The molecule has 9 heteroatoms. The molecule has 2 unspecified atom stereocenters. The number of benzene rings is 1. The summed E-state index contributed by atoms with van der Waals surface area (Å²) in [5, 5.41) is 0. The van der Waals surface area contributed by atoms with Crippen molar-refractivity contribution in [2.45, 2.75) is 5.92 Å². The fraction of sp³-hybridized carbons (Fsp3) is 0.294. The third kappa shape index (κ3) is 2.24. The summed E-state index contributed by atoms with van der Waals surface area (Å²) in [7, 11) is 2.97. The third-order valence-corrected chi connectivity index (χ3v) is 4.60. The van der Waals surface area contributed by atoms with Gasteiger partial charge in [-0.1, -0.05) is 12.1 Å². The van der Waals surface area contributed by atoms with Crippen LogP contribution in [-0.4, -0.2) is 42.5 Å². The monoisotopic (exact) mass is 357 g/mol. The van der Waals surface area contributed by atoms with Crippen LogP contribution in [0.15, 0.2) is 32.8 Å². The van der Waals surface area contributed by atoms with Crippen molar-refractivity contribution in [1.29, 1.82) is 0 Å². The van der Waals surface area contributed by atoms with Gasteiger partial charge in [0.05, 0.1) is 25.5 Å². The Morgan fingerprint density at radius 1 is 1.12 bits per heavy atom. The molecule has 2 aromatic rings. The van der Waals surface area contributed by atoms with Crippen LogP contribution in [0.4, 0.5) is 5.82 Å². The number of hydrogen-bond acceptors (Lipinski definition) is 7. The predicted octanol–water partition coefficient (Wildman–Crippen LogP) is 0.471. The summed E-state index contributed by atoms with van der Waals surface area (Å²) in [6, 6.07) is 5.20. The Hall–Kier alpha value is -3.36. The molecule has 1 saturated heterocycles. The minimum Gasteiger partial charge on any atom is -0.493 e. The first-order valence-electron chi connectivity index (χ1n) is 7.86. The number of fused-ring (bicyclic) bond motifs is 2. The van der Waals surface area contributed by atoms with Crippen LogP contribution in [0.2, 0.25) is 0 Å². The number of rotatable bonds is 3. The number of aliphatic imine (C=N–C) groups is 1. The van der Waals surface area contributed by atoms with Crippen LogP contribution in [0.5, 0.6) is 11.5 Å². The molecular formula is C17H15N3O6. The number of H-pyrrole nitrogens is 2. The standard InChI is InChI=1S/C17H15N3O6/c1-24-9-5-3-4-7(13(9)25-2)10-11-8(6-26-16(11)22)18-14-12(10)15(21)20-17(23)19-14/h3-5,10-11H,6H2,1-2H3,(H2,19,20,21,23). The van der Waals surface area contributed by atoms with E-state index in [-0.39, 0.29) is 18.0 Å². The highest BCUT2D eigenvalue weighted by Gasteiger charge is 2.47. The highest BCUT2D eigenvalue weighted by Crippen LogP contribution is 2.46. The summed E-state index contributed by atoms with van der Waals surface area (Å²) < 4.78 is 15.9. The molecule has 2 aliphatic heterocycles. The summed E-state index contributed by atoms with van der Waals surface area (Å²) in [5.74, 6) is -0.984. The van der Waals surface area contributed by atoms with Gasteiger partial charge >= 0.3 is 11.7 Å². The Morgan fingerprint density at radius 2 is 1.92 bits per heavy atom. The van der Waals surface area contributed by atoms with E-state index in [0.29, 0.717) is 22.8 Å². The number of ether oxygens (including phenoxy) is 3. The zero-order chi connectivity index (χ0) is 18.4. The number of hydrogen-bond donors (Lipinski definition) is 2. The second-order valence-corrected chi connectivity index (χ2v) is 5.92. The summed E-state index contributed by atoms with van der Waals surface area (Å²) in [6.07, 6.45) is 0. The van der Waals surface area contributed by atoms with Crippen LogP contribution in [-0.2, 0) is 9.53 Å². The van der Waals surface area contributed by atoms with E-state index in [1.54, 1.807) is 18.2 Å². The largest absolute Gasteiger partial charge is 0.493 e. The Bertz CT molecular complexity index is 1050. The Kier molecular flexibility index (Phi) is 3.64. The van der Waals surface area contributed by atoms with Gasteiger partial charge in [0.1, 0.15) is 18.3 Å². The molecule has 1 fully saturated rings. The highest BCUT2D eigenvalue weighted by molar-refractivity contribution is 6.10. The number of esters is 1. The first-order valence-corrected chi connectivity index (χ1v) is 7.86. The van der Waals surface area contributed by atoms with Gasteiger partial charge < -0.3 is 14.2 Å². The molecule has 134 valence electrons. The smallest absolute Gasteiger partial charge is 0.327 e. The second-order valence-electron chi connectivity index (χ2n) is 5.92. The zero-order valence-corrected chi connectivity index (χ0v) is 14.0. The van der Waals surface area contributed by atoms with Crippen molar-refractivity contribution in [3.63, 3.8) is 0 Å². The number of aromatic nitrogens is 2. The summed E-state index contributed by atoms with van der Waals surface area (Å²) in [6.45, 7) is 0.0144. The molecule has 0 aliphatic carbocycles. The number of carbonyl (C=O) groups is 1. The van der Waals surface area contributed by atoms with Crippen molar-refractivity contribution >= 4 is 17.5 Å². The van der Waals surface area contributed by atoms with Gasteiger partial charge in [-0.25, -0.2) is 9.79 Å². The van der Waals surface area contributed by atoms with Crippen LogP contribution in [0.1, 0.15) is 17.0 Å². The molecule has 1 aromatic carbocycles. The van der Waals surface area contributed by atoms with Crippen molar-refractivity contribution in [2.24, 2.45) is 10.9 Å². The Morgan fingerprint density at radius 3 is 2.65 bits per heavy atom. The number of carbonyl (C=O) groups excluding carboxylic acids is 1. The average molecular weight is 357 g/mol. The normalized spacial score (nSPS) is 20.7. The van der Waals surface area contributed by atoms with E-state index >= 15 is 0 Å². The van der Waals surface area contributed by atoms with Crippen molar-refractivity contribution in [3.05, 3.63) is 50.2 Å². The van der Waals surface area contributed by atoms with E-state index < -0.39 is 29.1 Å². The molecule has 0 amide bonds. The third-order valence-electron chi connectivity index (χ3n) is 4.60. The van der Waals surface area contributed by atoms with Gasteiger partial charge in [0.15, 0.2) is 11.5 Å². The molecule has 1 aromatic heterocycles. The molecular weight excluding hydrogens is 342 g/mol. The predicted molar refractivity (Wildman–Crippen MR) is 90.6 cm³/mol. The fourth-order valence-corrected chi connectivity index (χ4v) is 3.55. The number of para-hydroxylation sites is 1. The summed E-state index contributed by atoms with van der Waals surface area (Å²) >= 11 is 0. The zero-order valence-electron chi connectivity index (χ0n) is 14.0. The average Bonchev–Trinajstić information content (AvgIpc) is 2.99. The molecule has 26 heavy (non-hydrogen) atoms. The van der Waals surface area contributed by atoms with Gasteiger partial charge in [-0.2, -0.15) is 0 Å². The number of nitrogens with zero attached hydrogens (tertiary/aromatic N) is 1. The maximum Gasteiger partial charge on any atom is 0.327 e. The lowest BCUT2D eigenvalue weighted by Gasteiger charge is -2.27. The second kappa shape index (κ2) is 5.87. The summed E-state index contributed by atoms with van der Waals surface area (Å²) in [4.78, 5) is 45.6. The quantitative estimate of drug-likeness (QED) is 0.770. The lowest BCUT2D eigenvalue weighted by atomic mass is 9.77. The summed E-state index contributed by atoms with van der Waals surface area (Å²) in [5.41, 5.74) is -0.0662. The maximum atomic E-state index is 12.5. The van der Waals surface area contributed by atoms with Gasteiger partial charge in [0.25, 0.3) is 5.56 Å². The van der Waals surface area contributed by atoms with Crippen molar-refractivity contribution in [3.8, 4) is 11.5 Å². The van der Waals surface area contributed by atoms with E-state index in [0.717, 1.165) is 0 Å². The number of cyclic esters (lactones) is 1. The van der Waals surface area contributed by atoms with E-state index in [2.05, 4.69) is 15.0 Å². The molecule has 2 aliphatic rings. The lowest BCUT2D eigenvalue weighted by molar-refractivity contribution is -0.141. The first kappa shape index (κ1) is 16.1. The molecule has 0 bridgehead atoms. The maximum absolute atomic E-state index is 12.5. The van der Waals surface area contributed by atoms with Gasteiger partial charge in [0, 0.05) is 11.5 Å². The topological polar surface area (TPSA) is 123 Å².